The van der Waals surface area contributed by atoms with Crippen LogP contribution in [0.1, 0.15) is 6.42 Å². The molecule has 5 nitrogen and oxygen atoms in total. The van der Waals surface area contributed by atoms with Crippen LogP contribution >= 0.6 is 0 Å². The van der Waals surface area contributed by atoms with Gasteiger partial charge in [-0.25, -0.2) is 4.79 Å². The van der Waals surface area contributed by atoms with Gasteiger partial charge >= 0.3 is 6.16 Å². The van der Waals surface area contributed by atoms with Crippen LogP contribution in [0.3, 0.4) is 0 Å². The van der Waals surface area contributed by atoms with Crippen LogP contribution in [0.15, 0.2) is 5.10 Å². The summed E-state index contributed by atoms with van der Waals surface area (Å²) in [6, 6.07) is 0. The Balaban J connectivity index is 2.35. The van der Waals surface area contributed by atoms with Gasteiger partial charge in [0.05, 0.1) is 0 Å². The molecule has 0 aromatic heterocycles. The SMILES string of the molecule is O=C(O)OC1=NNCC1. The predicted octanol–water partition coefficient (Wildman–Crippen LogP) is -0.0122. The lowest BCUT2D eigenvalue weighted by Gasteiger charge is -1.92. The molecular formula is C4H6N2O3. The van der Waals surface area contributed by atoms with Gasteiger partial charge in [-0.1, -0.05) is 0 Å². The molecule has 0 saturated heterocycles. The van der Waals surface area contributed by atoms with Crippen molar-refractivity contribution in [2.75, 3.05) is 6.54 Å². The summed E-state index contributed by atoms with van der Waals surface area (Å²) in [5.74, 6) is 0.238. The summed E-state index contributed by atoms with van der Waals surface area (Å²) in [5.41, 5.74) is 2.58. The number of nitrogens with one attached hydrogen (secondary N) is 1. The molecular weight excluding hydrogens is 124 g/mol. The Morgan fingerprint density at radius 3 is 3.11 bits per heavy atom. The van der Waals surface area contributed by atoms with Crippen LogP contribution in [0.5, 0.6) is 0 Å². The van der Waals surface area contributed by atoms with E-state index in [1.54, 1.807) is 0 Å². The molecule has 1 heterocycles. The van der Waals surface area contributed by atoms with Crippen LogP contribution in [0, 0.1) is 0 Å². The van der Waals surface area contributed by atoms with Gasteiger partial charge in [-0.15, -0.1) is 5.10 Å². The van der Waals surface area contributed by atoms with Gasteiger partial charge < -0.3 is 15.3 Å². The number of ether oxygens (including phenoxy) is 1. The number of carboxylic acid groups (broad SMARTS) is 1. The first-order valence-electron chi connectivity index (χ1n) is 2.49. The average Bonchev–Trinajstić information content (AvgIpc) is 2.15. The van der Waals surface area contributed by atoms with Crippen molar-refractivity contribution in [1.29, 1.82) is 0 Å². The molecule has 2 N–H and O–H groups in total. The van der Waals surface area contributed by atoms with E-state index in [1.807, 2.05) is 0 Å². The molecule has 1 aliphatic rings. The maximum Gasteiger partial charge on any atom is 0.512 e. The topological polar surface area (TPSA) is 70.9 Å². The van der Waals surface area contributed by atoms with Crippen LogP contribution in [-0.2, 0) is 4.74 Å². The van der Waals surface area contributed by atoms with Crippen LogP contribution in [-0.4, -0.2) is 23.7 Å². The number of hydrogen-bond donors (Lipinski definition) is 2. The van der Waals surface area contributed by atoms with Crippen LogP contribution in [0.2, 0.25) is 0 Å². The minimum Gasteiger partial charge on any atom is -0.449 e. The fourth-order valence-corrected chi connectivity index (χ4v) is 0.537. The van der Waals surface area contributed by atoms with E-state index in [9.17, 15) is 4.79 Å². The molecule has 50 valence electrons. The zero-order valence-electron chi connectivity index (χ0n) is 4.63. The Hall–Kier alpha value is -1.26. The minimum absolute atomic E-state index is 0.238. The molecule has 0 fully saturated rings. The van der Waals surface area contributed by atoms with Gasteiger partial charge in [-0.05, 0) is 0 Å². The zero-order chi connectivity index (χ0) is 6.69. The van der Waals surface area contributed by atoms with Gasteiger partial charge in [0.1, 0.15) is 0 Å². The third-order valence-electron chi connectivity index (χ3n) is 0.860. The fourth-order valence-electron chi connectivity index (χ4n) is 0.537. The molecule has 0 aliphatic carbocycles. The molecule has 1 aliphatic heterocycles. The van der Waals surface area contributed by atoms with E-state index in [0.717, 1.165) is 0 Å². The van der Waals surface area contributed by atoms with Crippen LogP contribution in [0.4, 0.5) is 4.79 Å². The second kappa shape index (κ2) is 2.34. The molecule has 0 amide bonds. The minimum atomic E-state index is -1.31. The second-order valence-electron chi connectivity index (χ2n) is 1.53. The molecule has 1 rings (SSSR count). The van der Waals surface area contributed by atoms with E-state index in [2.05, 4.69) is 15.3 Å². The number of rotatable bonds is 0. The third kappa shape index (κ3) is 1.60. The van der Waals surface area contributed by atoms with E-state index in [4.69, 9.17) is 5.11 Å². The molecule has 0 radical (unpaired) electrons. The standard InChI is InChI=1S/C4H6N2O3/c7-4(8)9-3-1-2-5-6-3/h5H,1-2H2,(H,7,8). The number of nitrogens with zero attached hydrogens (tertiary/aromatic N) is 1. The van der Waals surface area contributed by atoms with Gasteiger partial charge in [-0.3, -0.25) is 0 Å². The third-order valence-corrected chi connectivity index (χ3v) is 0.860. The molecule has 0 saturated carbocycles. The Bertz CT molecular complexity index is 154. The van der Waals surface area contributed by atoms with Crippen molar-refractivity contribution in [2.24, 2.45) is 5.10 Å². The molecule has 0 bridgehead atoms. The first-order valence-corrected chi connectivity index (χ1v) is 2.49. The summed E-state index contributed by atoms with van der Waals surface area (Å²) >= 11 is 0. The summed E-state index contributed by atoms with van der Waals surface area (Å²) in [5, 5.41) is 11.6. The Kier molecular flexibility index (Phi) is 1.53. The van der Waals surface area contributed by atoms with Crippen LogP contribution in [0.25, 0.3) is 0 Å². The quantitative estimate of drug-likeness (QED) is 0.452. The van der Waals surface area contributed by atoms with E-state index >= 15 is 0 Å². The van der Waals surface area contributed by atoms with Crippen molar-refractivity contribution < 1.29 is 14.6 Å². The van der Waals surface area contributed by atoms with E-state index < -0.39 is 6.16 Å². The van der Waals surface area contributed by atoms with Gasteiger partial charge in [0.15, 0.2) is 0 Å². The number of carbonyl (C=O) groups is 1. The maximum absolute atomic E-state index is 9.82. The Morgan fingerprint density at radius 1 is 1.89 bits per heavy atom. The molecule has 9 heavy (non-hydrogen) atoms. The summed E-state index contributed by atoms with van der Waals surface area (Å²) in [6.45, 7) is 0.655. The zero-order valence-corrected chi connectivity index (χ0v) is 4.63. The Morgan fingerprint density at radius 2 is 2.67 bits per heavy atom. The highest BCUT2D eigenvalue weighted by Crippen LogP contribution is 1.94. The van der Waals surface area contributed by atoms with E-state index in [-0.39, 0.29) is 5.90 Å². The van der Waals surface area contributed by atoms with Crippen molar-refractivity contribution in [3.8, 4) is 0 Å². The highest BCUT2D eigenvalue weighted by molar-refractivity contribution is 5.86. The smallest absolute Gasteiger partial charge is 0.449 e. The van der Waals surface area contributed by atoms with Gasteiger partial charge in [0.2, 0.25) is 5.90 Å². The molecule has 0 atom stereocenters. The lowest BCUT2D eigenvalue weighted by molar-refractivity contribution is 0.140. The lowest BCUT2D eigenvalue weighted by Crippen LogP contribution is -2.07. The van der Waals surface area contributed by atoms with Crippen molar-refractivity contribution in [3.05, 3.63) is 0 Å². The second-order valence-corrected chi connectivity index (χ2v) is 1.53. The average molecular weight is 130 g/mol. The van der Waals surface area contributed by atoms with Crippen LogP contribution < -0.4 is 5.43 Å². The first kappa shape index (κ1) is 5.87. The fraction of sp³-hybridized carbons (Fsp3) is 0.500. The Labute approximate surface area is 51.3 Å². The van der Waals surface area contributed by atoms with Gasteiger partial charge in [0.25, 0.3) is 0 Å². The number of hydrazone groups is 1. The highest BCUT2D eigenvalue weighted by Gasteiger charge is 2.09. The van der Waals surface area contributed by atoms with Gasteiger partial charge in [-0.2, -0.15) is 0 Å². The van der Waals surface area contributed by atoms with Crippen molar-refractivity contribution >= 4 is 12.1 Å². The molecule has 0 unspecified atom stereocenters. The largest absolute Gasteiger partial charge is 0.512 e. The monoisotopic (exact) mass is 130 g/mol. The van der Waals surface area contributed by atoms with Gasteiger partial charge in [0, 0.05) is 13.0 Å². The number of hydrogen-bond acceptors (Lipinski definition) is 4. The molecule has 0 aromatic rings. The van der Waals surface area contributed by atoms with Crippen molar-refractivity contribution in [3.63, 3.8) is 0 Å². The summed E-state index contributed by atoms with van der Waals surface area (Å²) in [4.78, 5) is 9.82. The summed E-state index contributed by atoms with van der Waals surface area (Å²) in [6.07, 6.45) is -0.760. The molecule has 5 heteroatoms. The molecule has 0 aromatic carbocycles. The lowest BCUT2D eigenvalue weighted by atomic mass is 10.5. The summed E-state index contributed by atoms with van der Waals surface area (Å²) < 4.78 is 4.22. The molecule has 0 spiro atoms. The predicted molar refractivity (Wildman–Crippen MR) is 29.2 cm³/mol. The van der Waals surface area contributed by atoms with E-state index in [0.29, 0.717) is 13.0 Å². The van der Waals surface area contributed by atoms with Crippen molar-refractivity contribution in [1.82, 2.24) is 5.43 Å². The van der Waals surface area contributed by atoms with E-state index in [1.165, 1.54) is 0 Å². The maximum atomic E-state index is 9.82. The first-order chi connectivity index (χ1) is 4.29. The highest BCUT2D eigenvalue weighted by atomic mass is 16.7. The van der Waals surface area contributed by atoms with Crippen molar-refractivity contribution in [2.45, 2.75) is 6.42 Å². The summed E-state index contributed by atoms with van der Waals surface area (Å²) in [7, 11) is 0. The normalized spacial score (nSPS) is 16.2.